The van der Waals surface area contributed by atoms with Crippen molar-refractivity contribution in [3.8, 4) is 17.1 Å². The largest absolute Gasteiger partial charge is 0.496 e. The highest BCUT2D eigenvalue weighted by molar-refractivity contribution is 7.98. The van der Waals surface area contributed by atoms with Crippen molar-refractivity contribution in [1.82, 2.24) is 24.9 Å². The minimum absolute atomic E-state index is 0.456. The lowest BCUT2D eigenvalue weighted by Gasteiger charge is -2.12. The zero-order chi connectivity index (χ0) is 21.0. The van der Waals surface area contributed by atoms with Gasteiger partial charge in [0.15, 0.2) is 16.8 Å². The number of methoxy groups -OCH3 is 1. The first kappa shape index (κ1) is 19.8. The van der Waals surface area contributed by atoms with Crippen LogP contribution in [0.4, 0.5) is 0 Å². The average Bonchev–Trinajstić information content (AvgIpc) is 3.42. The molecule has 0 aliphatic heterocycles. The van der Waals surface area contributed by atoms with Crippen LogP contribution in [-0.4, -0.2) is 32.0 Å². The second kappa shape index (κ2) is 8.93. The SMILES string of the molecule is COc1ccccc1-c1nnc(SCc2noc(C3CC3)n2)n1CCc1ccccc1. The van der Waals surface area contributed by atoms with Crippen molar-refractivity contribution >= 4 is 11.8 Å². The zero-order valence-electron chi connectivity index (χ0n) is 17.3. The fourth-order valence-corrected chi connectivity index (χ4v) is 4.27. The molecule has 0 amide bonds. The normalized spacial score (nSPS) is 13.5. The highest BCUT2D eigenvalue weighted by atomic mass is 32.2. The molecule has 31 heavy (non-hydrogen) atoms. The van der Waals surface area contributed by atoms with Gasteiger partial charge in [-0.15, -0.1) is 10.2 Å². The van der Waals surface area contributed by atoms with Gasteiger partial charge >= 0.3 is 0 Å². The lowest BCUT2D eigenvalue weighted by atomic mass is 10.1. The molecule has 0 N–H and O–H groups in total. The molecular formula is C23H23N5O2S. The summed E-state index contributed by atoms with van der Waals surface area (Å²) in [6.07, 6.45) is 3.17. The average molecular weight is 434 g/mol. The molecule has 1 saturated carbocycles. The van der Waals surface area contributed by atoms with E-state index in [0.717, 1.165) is 54.0 Å². The van der Waals surface area contributed by atoms with Crippen LogP contribution < -0.4 is 4.74 Å². The second-order valence-corrected chi connectivity index (χ2v) is 8.45. The summed E-state index contributed by atoms with van der Waals surface area (Å²) in [5, 5.41) is 13.9. The maximum absolute atomic E-state index is 5.57. The lowest BCUT2D eigenvalue weighted by Crippen LogP contribution is -2.06. The van der Waals surface area contributed by atoms with Crippen molar-refractivity contribution in [1.29, 1.82) is 0 Å². The van der Waals surface area contributed by atoms with Crippen LogP contribution in [0.15, 0.2) is 64.3 Å². The summed E-state index contributed by atoms with van der Waals surface area (Å²) in [5.41, 5.74) is 2.19. The maximum Gasteiger partial charge on any atom is 0.229 e. The summed E-state index contributed by atoms with van der Waals surface area (Å²) in [4.78, 5) is 4.53. The van der Waals surface area contributed by atoms with Gasteiger partial charge < -0.3 is 13.8 Å². The molecule has 8 heteroatoms. The fourth-order valence-electron chi connectivity index (χ4n) is 3.46. The van der Waals surface area contributed by atoms with Crippen LogP contribution >= 0.6 is 11.8 Å². The van der Waals surface area contributed by atoms with Gasteiger partial charge in [0, 0.05) is 12.5 Å². The summed E-state index contributed by atoms with van der Waals surface area (Å²) >= 11 is 1.57. The minimum atomic E-state index is 0.456. The highest BCUT2D eigenvalue weighted by Gasteiger charge is 2.29. The molecule has 0 saturated heterocycles. The first-order chi connectivity index (χ1) is 15.3. The maximum atomic E-state index is 5.57. The first-order valence-electron chi connectivity index (χ1n) is 10.4. The summed E-state index contributed by atoms with van der Waals surface area (Å²) in [6, 6.07) is 18.3. The van der Waals surface area contributed by atoms with Crippen molar-refractivity contribution in [3.63, 3.8) is 0 Å². The Hall–Kier alpha value is -3.13. The predicted molar refractivity (Wildman–Crippen MR) is 118 cm³/mol. The minimum Gasteiger partial charge on any atom is -0.496 e. The zero-order valence-corrected chi connectivity index (χ0v) is 18.1. The highest BCUT2D eigenvalue weighted by Crippen LogP contribution is 2.39. The van der Waals surface area contributed by atoms with Crippen molar-refractivity contribution in [2.45, 2.75) is 42.6 Å². The quantitative estimate of drug-likeness (QED) is 0.352. The number of rotatable bonds is 9. The van der Waals surface area contributed by atoms with Gasteiger partial charge in [0.25, 0.3) is 0 Å². The molecule has 2 heterocycles. The number of aromatic nitrogens is 5. The summed E-state index contributed by atoms with van der Waals surface area (Å²) in [5.74, 6) is 4.07. The predicted octanol–water partition coefficient (Wildman–Crippen LogP) is 4.75. The third-order valence-electron chi connectivity index (χ3n) is 5.27. The molecule has 0 bridgehead atoms. The van der Waals surface area contributed by atoms with Crippen LogP contribution in [0, 0.1) is 0 Å². The molecule has 1 aliphatic carbocycles. The molecule has 0 atom stereocenters. The topological polar surface area (TPSA) is 78.9 Å². The van der Waals surface area contributed by atoms with Crippen LogP contribution in [0.5, 0.6) is 5.75 Å². The third kappa shape index (κ3) is 4.49. The van der Waals surface area contributed by atoms with E-state index in [0.29, 0.717) is 17.5 Å². The number of aryl methyl sites for hydroxylation is 1. The molecule has 7 nitrogen and oxygen atoms in total. The number of hydrogen-bond acceptors (Lipinski definition) is 7. The van der Waals surface area contributed by atoms with Crippen molar-refractivity contribution in [3.05, 3.63) is 71.9 Å². The van der Waals surface area contributed by atoms with Gasteiger partial charge in [0.2, 0.25) is 5.89 Å². The van der Waals surface area contributed by atoms with Gasteiger partial charge in [-0.2, -0.15) is 4.98 Å². The van der Waals surface area contributed by atoms with Crippen molar-refractivity contribution in [2.24, 2.45) is 0 Å². The van der Waals surface area contributed by atoms with Gasteiger partial charge in [-0.3, -0.25) is 0 Å². The molecule has 2 aromatic heterocycles. The van der Waals surface area contributed by atoms with E-state index in [1.165, 1.54) is 5.56 Å². The van der Waals surface area contributed by atoms with E-state index in [1.54, 1.807) is 18.9 Å². The van der Waals surface area contributed by atoms with E-state index in [1.807, 2.05) is 30.3 Å². The summed E-state index contributed by atoms with van der Waals surface area (Å²) in [7, 11) is 1.67. The van der Waals surface area contributed by atoms with Crippen LogP contribution in [0.3, 0.4) is 0 Å². The van der Waals surface area contributed by atoms with Gasteiger partial charge in [0.1, 0.15) is 5.75 Å². The molecule has 0 unspecified atom stereocenters. The molecule has 1 aliphatic rings. The van der Waals surface area contributed by atoms with E-state index in [9.17, 15) is 0 Å². The van der Waals surface area contributed by atoms with E-state index < -0.39 is 0 Å². The lowest BCUT2D eigenvalue weighted by molar-refractivity contribution is 0.375. The molecular weight excluding hydrogens is 410 g/mol. The van der Waals surface area contributed by atoms with Gasteiger partial charge in [-0.25, -0.2) is 0 Å². The Morgan fingerprint density at radius 2 is 1.87 bits per heavy atom. The van der Waals surface area contributed by atoms with Gasteiger partial charge in [0.05, 0.1) is 18.4 Å². The molecule has 2 aromatic carbocycles. The standard InChI is InChI=1S/C23H23N5O2S/c1-29-19-10-6-5-9-18(19)21-25-26-23(28(21)14-13-16-7-3-2-4-8-16)31-15-20-24-22(30-27-20)17-11-12-17/h2-10,17H,11-15H2,1H3. The number of para-hydroxylation sites is 1. The smallest absolute Gasteiger partial charge is 0.229 e. The molecule has 0 spiro atoms. The Balaban J connectivity index is 1.41. The number of ether oxygens (including phenoxy) is 1. The molecule has 5 rings (SSSR count). The fraction of sp³-hybridized carbons (Fsp3) is 0.304. The summed E-state index contributed by atoms with van der Waals surface area (Å²) < 4.78 is 13.1. The molecule has 4 aromatic rings. The molecule has 1 fully saturated rings. The van der Waals surface area contributed by atoms with E-state index in [-0.39, 0.29) is 0 Å². The Labute approximate surface area is 184 Å². The third-order valence-corrected chi connectivity index (χ3v) is 6.24. The monoisotopic (exact) mass is 433 g/mol. The Morgan fingerprint density at radius 3 is 2.68 bits per heavy atom. The van der Waals surface area contributed by atoms with Crippen LogP contribution in [0.25, 0.3) is 11.4 Å². The van der Waals surface area contributed by atoms with Crippen LogP contribution in [-0.2, 0) is 18.7 Å². The van der Waals surface area contributed by atoms with Gasteiger partial charge in [-0.1, -0.05) is 59.4 Å². The van der Waals surface area contributed by atoms with Crippen LogP contribution in [0.2, 0.25) is 0 Å². The van der Waals surface area contributed by atoms with E-state index in [2.05, 4.69) is 49.2 Å². The molecule has 0 radical (unpaired) electrons. The van der Waals surface area contributed by atoms with E-state index >= 15 is 0 Å². The second-order valence-electron chi connectivity index (χ2n) is 7.51. The van der Waals surface area contributed by atoms with Crippen LogP contribution in [0.1, 0.15) is 36.0 Å². The Bertz CT molecular complexity index is 1150. The number of thioether (sulfide) groups is 1. The first-order valence-corrected chi connectivity index (χ1v) is 11.4. The number of hydrogen-bond donors (Lipinski definition) is 0. The molecule has 158 valence electrons. The van der Waals surface area contributed by atoms with E-state index in [4.69, 9.17) is 9.26 Å². The Kier molecular flexibility index (Phi) is 5.71. The summed E-state index contributed by atoms with van der Waals surface area (Å²) in [6.45, 7) is 0.756. The number of nitrogens with zero attached hydrogens (tertiary/aromatic N) is 5. The van der Waals surface area contributed by atoms with Crippen molar-refractivity contribution in [2.75, 3.05) is 7.11 Å². The Morgan fingerprint density at radius 1 is 1.06 bits per heavy atom. The van der Waals surface area contributed by atoms with Crippen molar-refractivity contribution < 1.29 is 9.26 Å². The van der Waals surface area contributed by atoms with Gasteiger partial charge in [-0.05, 0) is 37.0 Å². The number of benzene rings is 2.